The fourth-order valence-electron chi connectivity index (χ4n) is 2.96. The fraction of sp³-hybridized carbons (Fsp3) is 0.444. The van der Waals surface area contributed by atoms with Gasteiger partial charge in [-0.05, 0) is 24.8 Å². The summed E-state index contributed by atoms with van der Waals surface area (Å²) in [4.78, 5) is 12.5. The van der Waals surface area contributed by atoms with Crippen molar-refractivity contribution in [2.24, 2.45) is 5.92 Å². The molecule has 5 heteroatoms. The van der Waals surface area contributed by atoms with Crippen LogP contribution in [0.1, 0.15) is 37.8 Å². The molecule has 0 unspecified atom stereocenters. The maximum Gasteiger partial charge on any atom is 0.346 e. The lowest BCUT2D eigenvalue weighted by atomic mass is 10.0. The number of hydrogen-bond donors (Lipinski definition) is 0. The summed E-state index contributed by atoms with van der Waals surface area (Å²) >= 11 is 0. The molecule has 2 heterocycles. The molecule has 0 saturated carbocycles. The Morgan fingerprint density at radius 1 is 1.35 bits per heavy atom. The molecule has 5 nitrogen and oxygen atoms in total. The zero-order chi connectivity index (χ0) is 16.2. The third-order valence-electron chi connectivity index (χ3n) is 4.30. The zero-order valence-electron chi connectivity index (χ0n) is 13.7. The highest BCUT2D eigenvalue weighted by atomic mass is 16.5. The van der Waals surface area contributed by atoms with Crippen molar-refractivity contribution in [2.45, 2.75) is 39.5 Å². The van der Waals surface area contributed by atoms with Gasteiger partial charge in [-0.3, -0.25) is 4.57 Å². The van der Waals surface area contributed by atoms with Crippen molar-refractivity contribution in [3.05, 3.63) is 58.3 Å². The van der Waals surface area contributed by atoms with Crippen molar-refractivity contribution < 1.29 is 4.74 Å². The summed E-state index contributed by atoms with van der Waals surface area (Å²) in [6.07, 6.45) is 4.92. The van der Waals surface area contributed by atoms with Gasteiger partial charge in [0, 0.05) is 13.2 Å². The lowest BCUT2D eigenvalue weighted by Gasteiger charge is -2.13. The van der Waals surface area contributed by atoms with E-state index in [2.05, 4.69) is 12.0 Å². The normalized spacial score (nSPS) is 21.3. The van der Waals surface area contributed by atoms with E-state index in [1.54, 1.807) is 4.57 Å². The molecule has 0 amide bonds. The summed E-state index contributed by atoms with van der Waals surface area (Å²) in [5.74, 6) is 1.16. The summed E-state index contributed by atoms with van der Waals surface area (Å²) in [6.45, 7) is 5.94. The predicted molar refractivity (Wildman–Crippen MR) is 90.1 cm³/mol. The number of ether oxygens (including phenoxy) is 1. The van der Waals surface area contributed by atoms with Crippen LogP contribution in [0.2, 0.25) is 0 Å². The molecule has 122 valence electrons. The first-order chi connectivity index (χ1) is 11.2. The number of allylic oxidation sites excluding steroid dienone is 1. The number of benzene rings is 1. The molecule has 0 spiro atoms. The molecule has 1 aliphatic rings. The standard InChI is InChI=1S/C18H23N3O2/c1-3-20-17(16-14(2)11-13-23-16)19-21(18(20)22)12-7-10-15-8-5-4-6-9-15/h4-10,14,16H,3,11-13H2,1-2H3/b10-7+/t14-,16+/m1/s1. The van der Waals surface area contributed by atoms with E-state index in [1.165, 1.54) is 4.68 Å². The fourth-order valence-corrected chi connectivity index (χ4v) is 2.96. The number of rotatable bonds is 5. The Bertz CT molecular complexity index is 730. The number of hydrogen-bond acceptors (Lipinski definition) is 3. The Morgan fingerprint density at radius 3 is 2.78 bits per heavy atom. The summed E-state index contributed by atoms with van der Waals surface area (Å²) in [5, 5.41) is 4.54. The Hall–Kier alpha value is -2.14. The molecule has 0 bridgehead atoms. The van der Waals surface area contributed by atoms with Crippen LogP contribution >= 0.6 is 0 Å². The monoisotopic (exact) mass is 313 g/mol. The van der Waals surface area contributed by atoms with E-state index in [0.29, 0.717) is 19.0 Å². The largest absolute Gasteiger partial charge is 0.370 e. The van der Waals surface area contributed by atoms with Crippen LogP contribution in [0.15, 0.2) is 41.2 Å². The summed E-state index contributed by atoms with van der Waals surface area (Å²) in [5.41, 5.74) is 1.05. The van der Waals surface area contributed by atoms with Crippen LogP contribution in [0.4, 0.5) is 0 Å². The molecule has 3 rings (SSSR count). The van der Waals surface area contributed by atoms with Gasteiger partial charge in [0.2, 0.25) is 0 Å². The van der Waals surface area contributed by atoms with Crippen LogP contribution in [-0.2, 0) is 17.8 Å². The van der Waals surface area contributed by atoms with Crippen LogP contribution in [0.5, 0.6) is 0 Å². The second-order valence-corrected chi connectivity index (χ2v) is 5.94. The van der Waals surface area contributed by atoms with E-state index in [4.69, 9.17) is 4.74 Å². The van der Waals surface area contributed by atoms with Crippen LogP contribution in [0.3, 0.4) is 0 Å². The van der Waals surface area contributed by atoms with Crippen LogP contribution < -0.4 is 5.69 Å². The highest BCUT2D eigenvalue weighted by molar-refractivity contribution is 5.48. The first kappa shape index (κ1) is 15.7. The highest BCUT2D eigenvalue weighted by Crippen LogP contribution is 2.32. The Morgan fingerprint density at radius 2 is 2.13 bits per heavy atom. The molecule has 23 heavy (non-hydrogen) atoms. The molecule has 1 saturated heterocycles. The Kier molecular flexibility index (Phi) is 4.76. The van der Waals surface area contributed by atoms with Crippen LogP contribution in [0.25, 0.3) is 6.08 Å². The lowest BCUT2D eigenvalue weighted by Crippen LogP contribution is -2.25. The Labute approximate surface area is 136 Å². The van der Waals surface area contributed by atoms with E-state index in [9.17, 15) is 4.79 Å². The van der Waals surface area contributed by atoms with Crippen molar-refractivity contribution in [2.75, 3.05) is 6.61 Å². The van der Waals surface area contributed by atoms with Crippen LogP contribution in [-0.4, -0.2) is 21.0 Å². The van der Waals surface area contributed by atoms with Gasteiger partial charge in [-0.1, -0.05) is 49.4 Å². The first-order valence-corrected chi connectivity index (χ1v) is 8.21. The van der Waals surface area contributed by atoms with E-state index in [-0.39, 0.29) is 11.8 Å². The summed E-state index contributed by atoms with van der Waals surface area (Å²) in [6, 6.07) is 10.0. The average molecular weight is 313 g/mol. The minimum atomic E-state index is -0.0676. The van der Waals surface area contributed by atoms with E-state index < -0.39 is 0 Å². The number of nitrogens with zero attached hydrogens (tertiary/aromatic N) is 3. The van der Waals surface area contributed by atoms with Crippen molar-refractivity contribution in [1.29, 1.82) is 0 Å². The molecule has 1 aromatic carbocycles. The predicted octanol–water partition coefficient (Wildman–Crippen LogP) is 2.88. The van der Waals surface area contributed by atoms with Gasteiger partial charge in [-0.2, -0.15) is 5.10 Å². The zero-order valence-corrected chi connectivity index (χ0v) is 13.7. The van der Waals surface area contributed by atoms with E-state index >= 15 is 0 Å². The second kappa shape index (κ2) is 6.96. The van der Waals surface area contributed by atoms with Gasteiger partial charge in [-0.15, -0.1) is 0 Å². The van der Waals surface area contributed by atoms with Gasteiger partial charge < -0.3 is 4.74 Å². The Balaban J connectivity index is 1.81. The van der Waals surface area contributed by atoms with Gasteiger partial charge in [0.1, 0.15) is 6.10 Å². The van der Waals surface area contributed by atoms with E-state index in [0.717, 1.165) is 24.4 Å². The summed E-state index contributed by atoms with van der Waals surface area (Å²) in [7, 11) is 0. The maximum atomic E-state index is 12.5. The van der Waals surface area contributed by atoms with Crippen molar-refractivity contribution in [3.63, 3.8) is 0 Å². The molecular weight excluding hydrogens is 290 g/mol. The molecule has 0 N–H and O–H groups in total. The van der Waals surface area contributed by atoms with Gasteiger partial charge in [0.05, 0.1) is 6.54 Å². The average Bonchev–Trinajstić information content (AvgIpc) is 3.12. The second-order valence-electron chi connectivity index (χ2n) is 5.94. The minimum absolute atomic E-state index is 0.0667. The molecule has 2 atom stereocenters. The maximum absolute atomic E-state index is 12.5. The third kappa shape index (κ3) is 3.29. The molecular formula is C18H23N3O2. The minimum Gasteiger partial charge on any atom is -0.370 e. The molecule has 1 fully saturated rings. The number of aromatic nitrogens is 3. The van der Waals surface area contributed by atoms with Crippen LogP contribution in [0, 0.1) is 5.92 Å². The smallest absolute Gasteiger partial charge is 0.346 e. The van der Waals surface area contributed by atoms with Gasteiger partial charge in [0.25, 0.3) is 0 Å². The quantitative estimate of drug-likeness (QED) is 0.853. The highest BCUT2D eigenvalue weighted by Gasteiger charge is 2.31. The van der Waals surface area contributed by atoms with Gasteiger partial charge in [0.15, 0.2) is 5.82 Å². The molecule has 0 radical (unpaired) electrons. The van der Waals surface area contributed by atoms with Crippen molar-refractivity contribution >= 4 is 6.08 Å². The first-order valence-electron chi connectivity index (χ1n) is 8.21. The molecule has 2 aromatic rings. The molecule has 1 aliphatic heterocycles. The lowest BCUT2D eigenvalue weighted by molar-refractivity contribution is 0.0836. The van der Waals surface area contributed by atoms with Gasteiger partial charge in [-0.25, -0.2) is 9.48 Å². The van der Waals surface area contributed by atoms with Crippen molar-refractivity contribution in [3.8, 4) is 0 Å². The topological polar surface area (TPSA) is 49.0 Å². The summed E-state index contributed by atoms with van der Waals surface area (Å²) < 4.78 is 9.03. The third-order valence-corrected chi connectivity index (χ3v) is 4.30. The van der Waals surface area contributed by atoms with E-state index in [1.807, 2.05) is 49.4 Å². The SMILES string of the molecule is CCn1c([C@H]2OCC[C@H]2C)nn(C/C=C/c2ccccc2)c1=O. The van der Waals surface area contributed by atoms with Gasteiger partial charge >= 0.3 is 5.69 Å². The van der Waals surface area contributed by atoms with Crippen molar-refractivity contribution in [1.82, 2.24) is 14.3 Å². The molecule has 1 aromatic heterocycles. The molecule has 0 aliphatic carbocycles.